The van der Waals surface area contributed by atoms with Crippen LogP contribution in [-0.2, 0) is 0 Å². The summed E-state index contributed by atoms with van der Waals surface area (Å²) in [5, 5.41) is 12.3. The second-order valence-corrected chi connectivity index (χ2v) is 5.87. The van der Waals surface area contributed by atoms with Crippen molar-refractivity contribution >= 4 is 5.82 Å². The van der Waals surface area contributed by atoms with Gasteiger partial charge in [0.25, 0.3) is 5.89 Å². The van der Waals surface area contributed by atoms with Crippen LogP contribution >= 0.6 is 0 Å². The van der Waals surface area contributed by atoms with Gasteiger partial charge in [0.15, 0.2) is 11.5 Å². The number of hydrogen-bond acceptors (Lipinski definition) is 7. The van der Waals surface area contributed by atoms with Gasteiger partial charge in [-0.3, -0.25) is 0 Å². The van der Waals surface area contributed by atoms with E-state index in [1.54, 1.807) is 0 Å². The standard InChI is InChI=1S/C19H18N6O2/c1-3-26-15-11-7-6-10-14(15)25-17(20)16(22-24-25)19-21-18(23-27-19)13-9-5-4-8-12(13)2/h4-11H,3,20H2,1-2H3. The SMILES string of the molecule is CCOc1ccccc1-n1nnc(-c2nc(-c3ccccc3C)no2)c1N. The lowest BCUT2D eigenvalue weighted by molar-refractivity contribution is 0.338. The maximum Gasteiger partial charge on any atom is 0.282 e. The van der Waals surface area contributed by atoms with Crippen LogP contribution in [0.5, 0.6) is 5.75 Å². The second kappa shape index (κ2) is 6.91. The van der Waals surface area contributed by atoms with Crippen LogP contribution in [0.3, 0.4) is 0 Å². The van der Waals surface area contributed by atoms with Gasteiger partial charge in [-0.1, -0.05) is 46.8 Å². The van der Waals surface area contributed by atoms with E-state index in [9.17, 15) is 0 Å². The van der Waals surface area contributed by atoms with Crippen LogP contribution in [0, 0.1) is 6.92 Å². The minimum atomic E-state index is 0.214. The van der Waals surface area contributed by atoms with E-state index >= 15 is 0 Å². The number of rotatable bonds is 5. The molecular weight excluding hydrogens is 344 g/mol. The van der Waals surface area contributed by atoms with Crippen LogP contribution < -0.4 is 10.5 Å². The summed E-state index contributed by atoms with van der Waals surface area (Å²) < 4.78 is 12.5. The summed E-state index contributed by atoms with van der Waals surface area (Å²) >= 11 is 0. The van der Waals surface area contributed by atoms with Gasteiger partial charge in [-0.25, -0.2) is 0 Å². The molecule has 27 heavy (non-hydrogen) atoms. The molecule has 0 aliphatic rings. The molecule has 2 heterocycles. The Bertz CT molecular complexity index is 1090. The molecule has 4 aromatic rings. The van der Waals surface area contributed by atoms with Crippen molar-refractivity contribution in [2.75, 3.05) is 12.3 Å². The molecule has 0 radical (unpaired) electrons. The number of nitrogens with two attached hydrogens (primary N) is 1. The highest BCUT2D eigenvalue weighted by atomic mass is 16.5. The zero-order valence-corrected chi connectivity index (χ0v) is 15.0. The summed E-state index contributed by atoms with van der Waals surface area (Å²) in [6, 6.07) is 15.3. The van der Waals surface area contributed by atoms with Gasteiger partial charge in [0, 0.05) is 5.56 Å². The van der Waals surface area contributed by atoms with Gasteiger partial charge in [-0.2, -0.15) is 9.67 Å². The fraction of sp³-hybridized carbons (Fsp3) is 0.158. The Kier molecular flexibility index (Phi) is 4.29. The van der Waals surface area contributed by atoms with Crippen molar-refractivity contribution < 1.29 is 9.26 Å². The Hall–Kier alpha value is -3.68. The molecule has 2 aromatic carbocycles. The number of ether oxygens (including phenoxy) is 1. The lowest BCUT2D eigenvalue weighted by Crippen LogP contribution is -2.05. The summed E-state index contributed by atoms with van der Waals surface area (Å²) in [5.74, 6) is 1.65. The molecule has 8 nitrogen and oxygen atoms in total. The third-order valence-corrected chi connectivity index (χ3v) is 4.11. The molecular formula is C19H18N6O2. The minimum Gasteiger partial charge on any atom is -0.492 e. The molecule has 8 heteroatoms. The molecule has 4 rings (SSSR count). The maximum absolute atomic E-state index is 6.26. The maximum atomic E-state index is 6.26. The van der Waals surface area contributed by atoms with E-state index in [1.807, 2.05) is 62.4 Å². The molecule has 0 aliphatic heterocycles. The van der Waals surface area contributed by atoms with Gasteiger partial charge >= 0.3 is 0 Å². The van der Waals surface area contributed by atoms with Crippen molar-refractivity contribution in [1.29, 1.82) is 0 Å². The number of benzene rings is 2. The van der Waals surface area contributed by atoms with Crippen molar-refractivity contribution in [3.63, 3.8) is 0 Å². The molecule has 2 aromatic heterocycles. The first kappa shape index (κ1) is 16.8. The van der Waals surface area contributed by atoms with E-state index in [1.165, 1.54) is 4.68 Å². The number of hydrogen-bond donors (Lipinski definition) is 1. The van der Waals surface area contributed by atoms with Crippen molar-refractivity contribution in [2.24, 2.45) is 0 Å². The van der Waals surface area contributed by atoms with Crippen LogP contribution in [0.4, 0.5) is 5.82 Å². The first-order valence-corrected chi connectivity index (χ1v) is 8.52. The first-order valence-electron chi connectivity index (χ1n) is 8.52. The zero-order valence-electron chi connectivity index (χ0n) is 15.0. The Balaban J connectivity index is 1.73. The van der Waals surface area contributed by atoms with Gasteiger partial charge in [-0.05, 0) is 31.5 Å². The molecule has 0 saturated carbocycles. The number of para-hydroxylation sites is 2. The fourth-order valence-electron chi connectivity index (χ4n) is 2.78. The lowest BCUT2D eigenvalue weighted by Gasteiger charge is -2.10. The molecule has 0 unspecified atom stereocenters. The largest absolute Gasteiger partial charge is 0.492 e. The Morgan fingerprint density at radius 3 is 2.70 bits per heavy atom. The minimum absolute atomic E-state index is 0.214. The summed E-state index contributed by atoms with van der Waals surface area (Å²) in [5.41, 5.74) is 9.22. The number of nitrogen functional groups attached to an aromatic ring is 1. The molecule has 2 N–H and O–H groups in total. The molecule has 0 saturated heterocycles. The summed E-state index contributed by atoms with van der Waals surface area (Å²) in [6.07, 6.45) is 0. The summed E-state index contributed by atoms with van der Waals surface area (Å²) in [7, 11) is 0. The highest BCUT2D eigenvalue weighted by molar-refractivity contribution is 5.68. The van der Waals surface area contributed by atoms with Crippen molar-refractivity contribution in [3.8, 4) is 34.4 Å². The van der Waals surface area contributed by atoms with E-state index in [-0.39, 0.29) is 5.89 Å². The third-order valence-electron chi connectivity index (χ3n) is 4.11. The molecule has 0 aliphatic carbocycles. The first-order chi connectivity index (χ1) is 13.2. The quantitative estimate of drug-likeness (QED) is 0.581. The predicted molar refractivity (Wildman–Crippen MR) is 100 cm³/mol. The van der Waals surface area contributed by atoms with Crippen LogP contribution in [-0.4, -0.2) is 31.7 Å². The van der Waals surface area contributed by atoms with Crippen LogP contribution in [0.2, 0.25) is 0 Å². The smallest absolute Gasteiger partial charge is 0.282 e. The Morgan fingerprint density at radius 1 is 1.11 bits per heavy atom. The number of aromatic nitrogens is 5. The van der Waals surface area contributed by atoms with Gasteiger partial charge in [0.2, 0.25) is 5.82 Å². The predicted octanol–water partition coefficient (Wildman–Crippen LogP) is 3.27. The van der Waals surface area contributed by atoms with Crippen LogP contribution in [0.1, 0.15) is 12.5 Å². The average Bonchev–Trinajstić information content (AvgIpc) is 3.30. The van der Waals surface area contributed by atoms with Crippen LogP contribution in [0.25, 0.3) is 28.7 Å². The van der Waals surface area contributed by atoms with E-state index in [4.69, 9.17) is 15.0 Å². The molecule has 0 fully saturated rings. The van der Waals surface area contributed by atoms with E-state index < -0.39 is 0 Å². The number of anilines is 1. The highest BCUT2D eigenvalue weighted by Gasteiger charge is 2.21. The molecule has 0 atom stereocenters. The number of aryl methyl sites for hydroxylation is 1. The topological polar surface area (TPSA) is 105 Å². The van der Waals surface area contributed by atoms with Crippen molar-refractivity contribution in [2.45, 2.75) is 13.8 Å². The normalized spacial score (nSPS) is 10.9. The third kappa shape index (κ3) is 3.01. The lowest BCUT2D eigenvalue weighted by atomic mass is 10.1. The van der Waals surface area contributed by atoms with Gasteiger partial charge < -0.3 is 15.0 Å². The average molecular weight is 362 g/mol. The van der Waals surface area contributed by atoms with E-state index in [2.05, 4.69) is 20.5 Å². The van der Waals surface area contributed by atoms with Gasteiger partial charge in [0.1, 0.15) is 11.4 Å². The van der Waals surface area contributed by atoms with Gasteiger partial charge in [0.05, 0.1) is 6.61 Å². The second-order valence-electron chi connectivity index (χ2n) is 5.87. The molecule has 0 bridgehead atoms. The summed E-state index contributed by atoms with van der Waals surface area (Å²) in [4.78, 5) is 4.43. The highest BCUT2D eigenvalue weighted by Crippen LogP contribution is 2.30. The summed E-state index contributed by atoms with van der Waals surface area (Å²) in [6.45, 7) is 4.43. The Morgan fingerprint density at radius 2 is 1.89 bits per heavy atom. The van der Waals surface area contributed by atoms with E-state index in [0.717, 1.165) is 11.1 Å². The molecule has 0 amide bonds. The number of nitrogens with zero attached hydrogens (tertiary/aromatic N) is 5. The van der Waals surface area contributed by atoms with Gasteiger partial charge in [-0.15, -0.1) is 5.10 Å². The van der Waals surface area contributed by atoms with Crippen molar-refractivity contribution in [1.82, 2.24) is 25.1 Å². The molecule has 0 spiro atoms. The molecule has 136 valence electrons. The van der Waals surface area contributed by atoms with Crippen LogP contribution in [0.15, 0.2) is 53.1 Å². The Labute approximate surface area is 155 Å². The monoisotopic (exact) mass is 362 g/mol. The zero-order chi connectivity index (χ0) is 18.8. The van der Waals surface area contributed by atoms with Crippen molar-refractivity contribution in [3.05, 3.63) is 54.1 Å². The van der Waals surface area contributed by atoms with E-state index in [0.29, 0.717) is 35.4 Å². The fourth-order valence-corrected chi connectivity index (χ4v) is 2.78.